The van der Waals surface area contributed by atoms with Gasteiger partial charge in [0.05, 0.1) is 6.61 Å². The molecule has 1 aromatic carbocycles. The van der Waals surface area contributed by atoms with Gasteiger partial charge in [-0.15, -0.1) is 11.6 Å². The second kappa shape index (κ2) is 5.44. The first kappa shape index (κ1) is 13.0. The van der Waals surface area contributed by atoms with Gasteiger partial charge in [-0.1, -0.05) is 6.08 Å². The predicted molar refractivity (Wildman–Crippen MR) is 72.6 cm³/mol. The minimum absolute atomic E-state index is 0.0527. The van der Waals surface area contributed by atoms with E-state index < -0.39 is 5.38 Å². The molecule has 0 saturated heterocycles. The summed E-state index contributed by atoms with van der Waals surface area (Å²) in [7, 11) is 1.75. The molecule has 1 heterocycles. The van der Waals surface area contributed by atoms with Crippen molar-refractivity contribution in [3.8, 4) is 5.75 Å². The van der Waals surface area contributed by atoms with Crippen LogP contribution in [0.4, 0.5) is 0 Å². The van der Waals surface area contributed by atoms with Crippen molar-refractivity contribution in [3.63, 3.8) is 0 Å². The first-order chi connectivity index (χ1) is 8.63. The second-order valence-electron chi connectivity index (χ2n) is 4.15. The zero-order valence-electron chi connectivity index (χ0n) is 10.5. The number of benzene rings is 1. The molecule has 0 spiro atoms. The van der Waals surface area contributed by atoms with Crippen molar-refractivity contribution in [3.05, 3.63) is 35.9 Å². The van der Waals surface area contributed by atoms with Crippen molar-refractivity contribution in [2.24, 2.45) is 0 Å². The van der Waals surface area contributed by atoms with Crippen LogP contribution in [0.15, 0.2) is 30.3 Å². The average Bonchev–Trinajstić information content (AvgIpc) is 2.38. The highest BCUT2D eigenvalue weighted by Gasteiger charge is 2.26. The lowest BCUT2D eigenvalue weighted by atomic mass is 10.0. The van der Waals surface area contributed by atoms with E-state index in [2.05, 4.69) is 0 Å². The van der Waals surface area contributed by atoms with Gasteiger partial charge in [0, 0.05) is 12.7 Å². The Morgan fingerprint density at radius 2 is 2.06 bits per heavy atom. The van der Waals surface area contributed by atoms with Gasteiger partial charge in [0.15, 0.2) is 0 Å². The highest BCUT2D eigenvalue weighted by atomic mass is 35.5. The zero-order chi connectivity index (χ0) is 13.1. The number of hydrogen-bond acceptors (Lipinski definition) is 2. The Hall–Kier alpha value is -1.48. The number of allylic oxidation sites excluding steroid dienone is 1. The maximum absolute atomic E-state index is 11.8. The molecule has 18 heavy (non-hydrogen) atoms. The fourth-order valence-electron chi connectivity index (χ4n) is 1.98. The monoisotopic (exact) mass is 265 g/mol. The molecule has 1 amide bonds. The van der Waals surface area contributed by atoms with Crippen molar-refractivity contribution in [2.45, 2.75) is 18.7 Å². The number of hydrogen-bond donors (Lipinski definition) is 0. The molecule has 0 radical (unpaired) electrons. The SMILES string of the molecule is CCOc1ccc(C2=CCC(Cl)C(=O)N2C)cc1. The molecule has 3 nitrogen and oxygen atoms in total. The molecule has 4 heteroatoms. The fraction of sp³-hybridized carbons (Fsp3) is 0.357. The predicted octanol–water partition coefficient (Wildman–Crippen LogP) is 2.90. The number of alkyl halides is 1. The molecular formula is C14H16ClNO2. The summed E-state index contributed by atoms with van der Waals surface area (Å²) in [5.74, 6) is 0.782. The maximum atomic E-state index is 11.8. The van der Waals surface area contributed by atoms with Gasteiger partial charge in [0.25, 0.3) is 0 Å². The Morgan fingerprint density at radius 1 is 1.39 bits per heavy atom. The van der Waals surface area contributed by atoms with Crippen LogP contribution in [0.5, 0.6) is 5.75 Å². The molecule has 1 aromatic rings. The van der Waals surface area contributed by atoms with Crippen LogP contribution in [-0.2, 0) is 4.79 Å². The summed E-state index contributed by atoms with van der Waals surface area (Å²) in [6.45, 7) is 2.60. The summed E-state index contributed by atoms with van der Waals surface area (Å²) in [4.78, 5) is 13.4. The summed E-state index contributed by atoms with van der Waals surface area (Å²) in [5, 5.41) is -0.443. The van der Waals surface area contributed by atoms with Gasteiger partial charge in [-0.3, -0.25) is 4.79 Å². The van der Waals surface area contributed by atoms with Crippen LogP contribution in [0.25, 0.3) is 5.70 Å². The van der Waals surface area contributed by atoms with E-state index in [-0.39, 0.29) is 5.91 Å². The molecule has 0 aromatic heterocycles. The molecule has 1 aliphatic rings. The quantitative estimate of drug-likeness (QED) is 0.787. The van der Waals surface area contributed by atoms with Crippen molar-refractivity contribution >= 4 is 23.2 Å². The Labute approximate surface area is 112 Å². The van der Waals surface area contributed by atoms with E-state index in [4.69, 9.17) is 16.3 Å². The van der Waals surface area contributed by atoms with Crippen molar-refractivity contribution < 1.29 is 9.53 Å². The Morgan fingerprint density at radius 3 is 2.67 bits per heavy atom. The van der Waals surface area contributed by atoms with E-state index in [1.807, 2.05) is 37.3 Å². The minimum Gasteiger partial charge on any atom is -0.494 e. The van der Waals surface area contributed by atoms with E-state index >= 15 is 0 Å². The molecule has 0 fully saturated rings. The zero-order valence-corrected chi connectivity index (χ0v) is 11.3. The standard InChI is InChI=1S/C14H16ClNO2/c1-3-18-11-6-4-10(5-7-11)13-9-8-12(15)14(17)16(13)2/h4-7,9,12H,3,8H2,1-2H3. The number of ether oxygens (including phenoxy) is 1. The maximum Gasteiger partial charge on any atom is 0.245 e. The van der Waals surface area contributed by atoms with E-state index in [0.29, 0.717) is 13.0 Å². The Kier molecular flexibility index (Phi) is 3.92. The second-order valence-corrected chi connectivity index (χ2v) is 4.67. The smallest absolute Gasteiger partial charge is 0.245 e. The van der Waals surface area contributed by atoms with E-state index in [1.54, 1.807) is 11.9 Å². The lowest BCUT2D eigenvalue weighted by Crippen LogP contribution is -2.35. The van der Waals surface area contributed by atoms with Crippen LogP contribution in [0.2, 0.25) is 0 Å². The molecule has 0 saturated carbocycles. The number of carbonyl (C=O) groups is 1. The van der Waals surface area contributed by atoms with Crippen LogP contribution in [0.1, 0.15) is 18.9 Å². The molecule has 0 N–H and O–H groups in total. The lowest BCUT2D eigenvalue weighted by molar-refractivity contribution is -0.126. The van der Waals surface area contributed by atoms with Crippen LogP contribution in [0.3, 0.4) is 0 Å². The number of halogens is 1. The summed E-state index contributed by atoms with van der Waals surface area (Å²) >= 11 is 5.93. The third-order valence-electron chi connectivity index (χ3n) is 2.94. The van der Waals surface area contributed by atoms with E-state index in [1.165, 1.54) is 0 Å². The topological polar surface area (TPSA) is 29.5 Å². The summed E-state index contributed by atoms with van der Waals surface area (Å²) in [6.07, 6.45) is 2.57. The van der Waals surface area contributed by atoms with Gasteiger partial charge in [-0.2, -0.15) is 0 Å². The highest BCUT2D eigenvalue weighted by Crippen LogP contribution is 2.27. The molecule has 0 bridgehead atoms. The molecule has 1 aliphatic heterocycles. The first-order valence-electron chi connectivity index (χ1n) is 5.98. The summed E-state index contributed by atoms with van der Waals surface area (Å²) in [5.41, 5.74) is 1.90. The van der Waals surface area contributed by atoms with Crippen LogP contribution in [-0.4, -0.2) is 29.8 Å². The molecule has 2 rings (SSSR count). The molecule has 96 valence electrons. The Bertz CT molecular complexity index is 467. The first-order valence-corrected chi connectivity index (χ1v) is 6.42. The molecule has 0 aliphatic carbocycles. The molecule has 1 unspecified atom stereocenters. The van der Waals surface area contributed by atoms with Crippen molar-refractivity contribution in [2.75, 3.05) is 13.7 Å². The lowest BCUT2D eigenvalue weighted by Gasteiger charge is -2.27. The van der Waals surface area contributed by atoms with Crippen molar-refractivity contribution in [1.82, 2.24) is 4.90 Å². The normalized spacial score (nSPS) is 19.7. The Balaban J connectivity index is 2.23. The number of nitrogens with zero attached hydrogens (tertiary/aromatic N) is 1. The van der Waals surface area contributed by atoms with Gasteiger partial charge < -0.3 is 9.64 Å². The van der Waals surface area contributed by atoms with Gasteiger partial charge >= 0.3 is 0 Å². The fourth-order valence-corrected chi connectivity index (χ4v) is 2.22. The third-order valence-corrected chi connectivity index (χ3v) is 3.30. The molecular weight excluding hydrogens is 250 g/mol. The van der Waals surface area contributed by atoms with Crippen molar-refractivity contribution in [1.29, 1.82) is 0 Å². The summed E-state index contributed by atoms with van der Waals surface area (Å²) in [6, 6.07) is 7.72. The van der Waals surface area contributed by atoms with E-state index in [0.717, 1.165) is 17.0 Å². The van der Waals surface area contributed by atoms with E-state index in [9.17, 15) is 4.79 Å². The van der Waals surface area contributed by atoms with Crippen LogP contribution < -0.4 is 4.74 Å². The number of carbonyl (C=O) groups excluding carboxylic acids is 1. The van der Waals surface area contributed by atoms with Gasteiger partial charge in [0.1, 0.15) is 11.1 Å². The third kappa shape index (κ3) is 2.51. The van der Waals surface area contributed by atoms with Gasteiger partial charge in [-0.05, 0) is 43.2 Å². The average molecular weight is 266 g/mol. The number of rotatable bonds is 3. The largest absolute Gasteiger partial charge is 0.494 e. The minimum atomic E-state index is -0.443. The number of amides is 1. The van der Waals surface area contributed by atoms with Crippen LogP contribution in [0, 0.1) is 0 Å². The van der Waals surface area contributed by atoms with Gasteiger partial charge in [0.2, 0.25) is 5.91 Å². The van der Waals surface area contributed by atoms with Crippen LogP contribution >= 0.6 is 11.6 Å². The molecule has 1 atom stereocenters. The highest BCUT2D eigenvalue weighted by molar-refractivity contribution is 6.31. The summed E-state index contributed by atoms with van der Waals surface area (Å²) < 4.78 is 5.39. The van der Waals surface area contributed by atoms with Gasteiger partial charge in [-0.25, -0.2) is 0 Å².